The number of aromatic nitrogens is 2. The molecule has 1 amide bonds. The van der Waals surface area contributed by atoms with Crippen LogP contribution in [-0.4, -0.2) is 15.7 Å². The van der Waals surface area contributed by atoms with Gasteiger partial charge in [0.05, 0.1) is 12.2 Å². The van der Waals surface area contributed by atoms with E-state index in [1.54, 1.807) is 28.3 Å². The molecule has 4 nitrogen and oxygen atoms in total. The highest BCUT2D eigenvalue weighted by Gasteiger charge is 2.07. The molecule has 2 aromatic rings. The van der Waals surface area contributed by atoms with Crippen molar-refractivity contribution in [2.45, 2.75) is 13.0 Å². The van der Waals surface area contributed by atoms with E-state index in [9.17, 15) is 4.79 Å². The summed E-state index contributed by atoms with van der Waals surface area (Å²) in [6.45, 7) is 1.97. The van der Waals surface area contributed by atoms with Crippen LogP contribution >= 0.6 is 11.3 Å². The van der Waals surface area contributed by atoms with Gasteiger partial charge in [-0.15, -0.1) is 11.3 Å². The highest BCUT2D eigenvalue weighted by Crippen LogP contribution is 2.17. The van der Waals surface area contributed by atoms with Crippen LogP contribution in [0, 0.1) is 0 Å². The molecule has 0 radical (unpaired) electrons. The van der Waals surface area contributed by atoms with Crippen molar-refractivity contribution in [3.63, 3.8) is 0 Å². The summed E-state index contributed by atoms with van der Waals surface area (Å²) in [5.41, 5.74) is 0.913. The van der Waals surface area contributed by atoms with Gasteiger partial charge in [0.15, 0.2) is 0 Å². The molecule has 0 aliphatic rings. The van der Waals surface area contributed by atoms with Crippen LogP contribution in [0.5, 0.6) is 0 Å². The van der Waals surface area contributed by atoms with Crippen molar-refractivity contribution in [1.29, 1.82) is 0 Å². The van der Waals surface area contributed by atoms with Crippen LogP contribution in [0.15, 0.2) is 36.0 Å². The van der Waals surface area contributed by atoms with E-state index in [-0.39, 0.29) is 11.9 Å². The predicted molar refractivity (Wildman–Crippen MR) is 73.1 cm³/mol. The van der Waals surface area contributed by atoms with E-state index in [2.05, 4.69) is 10.4 Å². The normalized spacial score (nSPS) is 12.8. The molecule has 0 aliphatic heterocycles. The minimum absolute atomic E-state index is 0.0380. The van der Waals surface area contributed by atoms with Crippen LogP contribution in [0.3, 0.4) is 0 Å². The maximum Gasteiger partial charge on any atom is 0.244 e. The van der Waals surface area contributed by atoms with Gasteiger partial charge in [-0.3, -0.25) is 9.48 Å². The maximum atomic E-state index is 11.7. The molecule has 0 fully saturated rings. The van der Waals surface area contributed by atoms with E-state index in [0.29, 0.717) is 0 Å². The fourth-order valence-corrected chi connectivity index (χ4v) is 2.30. The number of amides is 1. The summed E-state index contributed by atoms with van der Waals surface area (Å²) in [6.07, 6.45) is 6.85. The Morgan fingerprint density at radius 3 is 3.06 bits per heavy atom. The standard InChI is InChI=1S/C13H15N3OS/c1-10(12-4-3-7-18-12)15-13(17)6-5-11-8-14-16(2)9-11/h3-10H,1-2H3,(H,15,17)/b6-5+. The molecule has 18 heavy (non-hydrogen) atoms. The van der Waals surface area contributed by atoms with Gasteiger partial charge in [0, 0.05) is 29.8 Å². The van der Waals surface area contributed by atoms with Gasteiger partial charge in [-0.2, -0.15) is 5.10 Å². The number of thiophene rings is 1. The zero-order chi connectivity index (χ0) is 13.0. The van der Waals surface area contributed by atoms with Crippen LogP contribution in [0.1, 0.15) is 23.4 Å². The second-order valence-corrected chi connectivity index (χ2v) is 5.01. The van der Waals surface area contributed by atoms with E-state index >= 15 is 0 Å². The SMILES string of the molecule is CC(NC(=O)/C=C/c1cnn(C)c1)c1cccs1. The molecule has 2 heterocycles. The quantitative estimate of drug-likeness (QED) is 0.859. The summed E-state index contributed by atoms with van der Waals surface area (Å²) >= 11 is 1.64. The highest BCUT2D eigenvalue weighted by atomic mass is 32.1. The average Bonchev–Trinajstić information content (AvgIpc) is 2.97. The van der Waals surface area contributed by atoms with Crippen molar-refractivity contribution in [3.8, 4) is 0 Å². The Kier molecular flexibility index (Phi) is 3.94. The Labute approximate surface area is 110 Å². The Bertz CT molecular complexity index is 542. The zero-order valence-corrected chi connectivity index (χ0v) is 11.1. The minimum Gasteiger partial charge on any atom is -0.345 e. The Morgan fingerprint density at radius 1 is 1.61 bits per heavy atom. The number of hydrogen-bond donors (Lipinski definition) is 1. The van der Waals surface area contributed by atoms with E-state index in [1.807, 2.05) is 37.7 Å². The third-order valence-electron chi connectivity index (χ3n) is 2.48. The lowest BCUT2D eigenvalue weighted by molar-refractivity contribution is -0.117. The van der Waals surface area contributed by atoms with Crippen LogP contribution in [0.4, 0.5) is 0 Å². The van der Waals surface area contributed by atoms with E-state index in [1.165, 1.54) is 6.08 Å². The largest absolute Gasteiger partial charge is 0.345 e. The average molecular weight is 261 g/mol. The Morgan fingerprint density at radius 2 is 2.44 bits per heavy atom. The first-order chi connectivity index (χ1) is 8.65. The lowest BCUT2D eigenvalue weighted by Crippen LogP contribution is -2.23. The molecular formula is C13H15N3OS. The summed E-state index contributed by atoms with van der Waals surface area (Å²) in [6, 6.07) is 4.03. The Hall–Kier alpha value is -1.88. The van der Waals surface area contributed by atoms with Crippen molar-refractivity contribution < 1.29 is 4.79 Å². The monoisotopic (exact) mass is 261 g/mol. The molecule has 2 aromatic heterocycles. The van der Waals surface area contributed by atoms with Crippen LogP contribution in [0.25, 0.3) is 6.08 Å². The number of nitrogens with one attached hydrogen (secondary N) is 1. The summed E-state index contributed by atoms with van der Waals surface area (Å²) in [4.78, 5) is 12.9. The van der Waals surface area contributed by atoms with Gasteiger partial charge in [-0.05, 0) is 24.4 Å². The summed E-state index contributed by atoms with van der Waals surface area (Å²) < 4.78 is 1.70. The molecule has 0 bridgehead atoms. The van der Waals surface area contributed by atoms with Gasteiger partial charge in [-0.1, -0.05) is 6.07 Å². The van der Waals surface area contributed by atoms with Crippen molar-refractivity contribution in [1.82, 2.24) is 15.1 Å². The first kappa shape index (κ1) is 12.6. The van der Waals surface area contributed by atoms with Gasteiger partial charge in [-0.25, -0.2) is 0 Å². The number of rotatable bonds is 4. The molecule has 2 rings (SSSR count). The zero-order valence-electron chi connectivity index (χ0n) is 10.3. The molecule has 5 heteroatoms. The van der Waals surface area contributed by atoms with Crippen molar-refractivity contribution >= 4 is 23.3 Å². The van der Waals surface area contributed by atoms with Crippen molar-refractivity contribution in [3.05, 3.63) is 46.4 Å². The summed E-state index contributed by atoms with van der Waals surface area (Å²) in [7, 11) is 1.84. The van der Waals surface area contributed by atoms with Gasteiger partial charge >= 0.3 is 0 Å². The second kappa shape index (κ2) is 5.64. The lowest BCUT2D eigenvalue weighted by atomic mass is 10.2. The van der Waals surface area contributed by atoms with Gasteiger partial charge in [0.25, 0.3) is 0 Å². The third-order valence-corrected chi connectivity index (χ3v) is 3.54. The molecule has 1 atom stereocenters. The van der Waals surface area contributed by atoms with E-state index in [0.717, 1.165) is 10.4 Å². The predicted octanol–water partition coefficient (Wildman–Crippen LogP) is 2.37. The Balaban J connectivity index is 1.91. The fourth-order valence-electron chi connectivity index (χ4n) is 1.57. The molecule has 1 unspecified atom stereocenters. The lowest BCUT2D eigenvalue weighted by Gasteiger charge is -2.09. The molecule has 0 saturated carbocycles. The third kappa shape index (κ3) is 3.30. The molecular weight excluding hydrogens is 246 g/mol. The number of carbonyl (C=O) groups excluding carboxylic acids is 1. The van der Waals surface area contributed by atoms with E-state index in [4.69, 9.17) is 0 Å². The van der Waals surface area contributed by atoms with Gasteiger partial charge in [0.1, 0.15) is 0 Å². The smallest absolute Gasteiger partial charge is 0.244 e. The van der Waals surface area contributed by atoms with E-state index < -0.39 is 0 Å². The molecule has 0 saturated heterocycles. The molecule has 94 valence electrons. The summed E-state index contributed by atoms with van der Waals surface area (Å²) in [5, 5.41) is 8.95. The molecule has 1 N–H and O–H groups in total. The molecule has 0 aromatic carbocycles. The number of carbonyl (C=O) groups is 1. The topological polar surface area (TPSA) is 46.9 Å². The van der Waals surface area contributed by atoms with Crippen LogP contribution < -0.4 is 5.32 Å². The van der Waals surface area contributed by atoms with Gasteiger partial charge in [0.2, 0.25) is 5.91 Å². The van der Waals surface area contributed by atoms with Crippen LogP contribution in [-0.2, 0) is 11.8 Å². The highest BCUT2D eigenvalue weighted by molar-refractivity contribution is 7.10. The van der Waals surface area contributed by atoms with Gasteiger partial charge < -0.3 is 5.32 Å². The van der Waals surface area contributed by atoms with Crippen molar-refractivity contribution in [2.24, 2.45) is 7.05 Å². The minimum atomic E-state index is -0.0975. The molecule has 0 aliphatic carbocycles. The maximum absolute atomic E-state index is 11.7. The second-order valence-electron chi connectivity index (χ2n) is 4.03. The first-order valence-electron chi connectivity index (χ1n) is 5.66. The summed E-state index contributed by atoms with van der Waals surface area (Å²) in [5.74, 6) is -0.0975. The first-order valence-corrected chi connectivity index (χ1v) is 6.54. The fraction of sp³-hybridized carbons (Fsp3) is 0.231. The number of nitrogens with zero attached hydrogens (tertiary/aromatic N) is 2. The number of aryl methyl sites for hydroxylation is 1. The molecule has 0 spiro atoms. The number of hydrogen-bond acceptors (Lipinski definition) is 3. The van der Waals surface area contributed by atoms with Crippen LogP contribution in [0.2, 0.25) is 0 Å². The van der Waals surface area contributed by atoms with Crippen molar-refractivity contribution in [2.75, 3.05) is 0 Å².